The van der Waals surface area contributed by atoms with Gasteiger partial charge in [-0.15, -0.1) is 0 Å². The SMILES string of the molecule is CC(C)N(CCBr)C(=O)c1c(Cl)cccc1Cl. The maximum absolute atomic E-state index is 12.4. The molecule has 1 rings (SSSR count). The van der Waals surface area contributed by atoms with E-state index in [9.17, 15) is 4.79 Å². The first-order chi connectivity index (χ1) is 7.99. The van der Waals surface area contributed by atoms with Crippen molar-refractivity contribution < 1.29 is 4.79 Å². The quantitative estimate of drug-likeness (QED) is 0.752. The molecule has 17 heavy (non-hydrogen) atoms. The molecule has 0 N–H and O–H groups in total. The zero-order valence-corrected chi connectivity index (χ0v) is 12.8. The molecule has 0 saturated carbocycles. The van der Waals surface area contributed by atoms with Crippen molar-refractivity contribution in [3.63, 3.8) is 0 Å². The van der Waals surface area contributed by atoms with Gasteiger partial charge in [0.2, 0.25) is 0 Å². The predicted molar refractivity (Wildman–Crippen MR) is 76.4 cm³/mol. The third kappa shape index (κ3) is 3.60. The minimum atomic E-state index is -0.130. The van der Waals surface area contributed by atoms with Crippen molar-refractivity contribution in [3.8, 4) is 0 Å². The lowest BCUT2D eigenvalue weighted by atomic mass is 10.1. The first-order valence-corrected chi connectivity index (χ1v) is 7.17. The Labute approximate surface area is 120 Å². The molecule has 0 fully saturated rings. The van der Waals surface area contributed by atoms with Crippen LogP contribution in [0.3, 0.4) is 0 Å². The highest BCUT2D eigenvalue weighted by Gasteiger charge is 2.22. The van der Waals surface area contributed by atoms with Crippen molar-refractivity contribution in [3.05, 3.63) is 33.8 Å². The summed E-state index contributed by atoms with van der Waals surface area (Å²) in [5.41, 5.74) is 0.380. The van der Waals surface area contributed by atoms with Crippen molar-refractivity contribution in [1.29, 1.82) is 0 Å². The number of hydrogen-bond acceptors (Lipinski definition) is 1. The van der Waals surface area contributed by atoms with E-state index in [-0.39, 0.29) is 11.9 Å². The fourth-order valence-corrected chi connectivity index (χ4v) is 2.47. The van der Waals surface area contributed by atoms with Gasteiger partial charge in [-0.05, 0) is 26.0 Å². The summed E-state index contributed by atoms with van der Waals surface area (Å²) in [7, 11) is 0. The number of rotatable bonds is 4. The van der Waals surface area contributed by atoms with Gasteiger partial charge in [0.1, 0.15) is 0 Å². The Hall–Kier alpha value is -0.250. The zero-order chi connectivity index (χ0) is 13.0. The second kappa shape index (κ2) is 6.62. The molecule has 0 aliphatic heterocycles. The van der Waals surface area contributed by atoms with E-state index in [1.165, 1.54) is 0 Å². The number of nitrogens with zero attached hydrogens (tertiary/aromatic N) is 1. The normalized spacial score (nSPS) is 10.7. The summed E-state index contributed by atoms with van der Waals surface area (Å²) in [5, 5.41) is 1.50. The minimum absolute atomic E-state index is 0.104. The van der Waals surface area contributed by atoms with Crippen molar-refractivity contribution in [2.45, 2.75) is 19.9 Å². The van der Waals surface area contributed by atoms with E-state index >= 15 is 0 Å². The maximum atomic E-state index is 12.4. The summed E-state index contributed by atoms with van der Waals surface area (Å²) in [6.45, 7) is 4.55. The summed E-state index contributed by atoms with van der Waals surface area (Å²) >= 11 is 15.4. The van der Waals surface area contributed by atoms with Gasteiger partial charge in [0, 0.05) is 17.9 Å². The molecule has 0 spiro atoms. The van der Waals surface area contributed by atoms with Crippen LogP contribution in [-0.2, 0) is 0 Å². The molecule has 0 saturated heterocycles. The summed E-state index contributed by atoms with van der Waals surface area (Å²) in [6, 6.07) is 5.18. The molecule has 5 heteroatoms. The average molecular weight is 339 g/mol. The van der Waals surface area contributed by atoms with Crippen molar-refractivity contribution in [2.24, 2.45) is 0 Å². The standard InChI is InChI=1S/C12H14BrCl2NO/c1-8(2)16(7-6-13)12(17)11-9(14)4-3-5-10(11)15/h3-5,8H,6-7H2,1-2H3. The van der Waals surface area contributed by atoms with Crippen LogP contribution in [0.5, 0.6) is 0 Å². The molecule has 2 nitrogen and oxygen atoms in total. The molecule has 0 heterocycles. The highest BCUT2D eigenvalue weighted by molar-refractivity contribution is 9.09. The number of carbonyl (C=O) groups is 1. The van der Waals surface area contributed by atoms with Crippen molar-refractivity contribution >= 4 is 45.0 Å². The molecular formula is C12H14BrCl2NO. The number of alkyl halides is 1. The Morgan fingerprint density at radius 3 is 2.29 bits per heavy atom. The van der Waals surface area contributed by atoms with Gasteiger partial charge in [0.05, 0.1) is 15.6 Å². The lowest BCUT2D eigenvalue weighted by Gasteiger charge is -2.26. The maximum Gasteiger partial charge on any atom is 0.257 e. The van der Waals surface area contributed by atoms with Crippen LogP contribution in [0.2, 0.25) is 10.0 Å². The van der Waals surface area contributed by atoms with Crippen LogP contribution in [0, 0.1) is 0 Å². The van der Waals surface area contributed by atoms with Crippen molar-refractivity contribution in [2.75, 3.05) is 11.9 Å². The van der Waals surface area contributed by atoms with Crippen LogP contribution in [0.4, 0.5) is 0 Å². The Morgan fingerprint density at radius 1 is 1.35 bits per heavy atom. The lowest BCUT2D eigenvalue weighted by molar-refractivity contribution is 0.0720. The first-order valence-electron chi connectivity index (χ1n) is 5.30. The van der Waals surface area contributed by atoms with Crippen LogP contribution >= 0.6 is 39.1 Å². The minimum Gasteiger partial charge on any atom is -0.335 e. The second-order valence-electron chi connectivity index (χ2n) is 3.88. The lowest BCUT2D eigenvalue weighted by Crippen LogP contribution is -2.38. The van der Waals surface area contributed by atoms with E-state index in [1.807, 2.05) is 13.8 Å². The van der Waals surface area contributed by atoms with Crippen LogP contribution in [-0.4, -0.2) is 28.7 Å². The summed E-state index contributed by atoms with van der Waals surface area (Å²) < 4.78 is 0. The van der Waals surface area contributed by atoms with Crippen LogP contribution in [0.25, 0.3) is 0 Å². The predicted octanol–water partition coefficient (Wildman–Crippen LogP) is 4.24. The van der Waals surface area contributed by atoms with Gasteiger partial charge >= 0.3 is 0 Å². The van der Waals surface area contributed by atoms with Gasteiger partial charge in [0.25, 0.3) is 5.91 Å². The second-order valence-corrected chi connectivity index (χ2v) is 5.49. The van der Waals surface area contributed by atoms with Gasteiger partial charge in [-0.25, -0.2) is 0 Å². The monoisotopic (exact) mass is 337 g/mol. The highest BCUT2D eigenvalue weighted by atomic mass is 79.9. The summed E-state index contributed by atoms with van der Waals surface area (Å²) in [5.74, 6) is -0.130. The molecule has 1 amide bonds. The molecule has 0 aliphatic rings. The number of amides is 1. The topological polar surface area (TPSA) is 20.3 Å². The molecule has 1 aromatic carbocycles. The Morgan fingerprint density at radius 2 is 1.88 bits per heavy atom. The van der Waals surface area contributed by atoms with E-state index in [2.05, 4.69) is 15.9 Å². The molecule has 0 bridgehead atoms. The van der Waals surface area contributed by atoms with E-state index in [0.717, 1.165) is 5.33 Å². The van der Waals surface area contributed by atoms with Crippen molar-refractivity contribution in [1.82, 2.24) is 4.90 Å². The zero-order valence-electron chi connectivity index (χ0n) is 9.71. The fourth-order valence-electron chi connectivity index (χ4n) is 1.53. The molecule has 94 valence electrons. The molecule has 0 unspecified atom stereocenters. The largest absolute Gasteiger partial charge is 0.335 e. The first kappa shape index (κ1) is 14.8. The van der Waals surface area contributed by atoms with Crippen LogP contribution in [0.15, 0.2) is 18.2 Å². The Bertz CT molecular complexity index is 389. The van der Waals surface area contributed by atoms with Gasteiger partial charge in [-0.1, -0.05) is 45.2 Å². The smallest absolute Gasteiger partial charge is 0.257 e. The molecule has 0 aliphatic carbocycles. The van der Waals surface area contributed by atoms with Gasteiger partial charge in [-0.2, -0.15) is 0 Å². The Balaban J connectivity index is 3.09. The van der Waals surface area contributed by atoms with E-state index in [4.69, 9.17) is 23.2 Å². The van der Waals surface area contributed by atoms with E-state index in [1.54, 1.807) is 23.1 Å². The summed E-state index contributed by atoms with van der Waals surface area (Å²) in [6.07, 6.45) is 0. The van der Waals surface area contributed by atoms with Gasteiger partial charge in [-0.3, -0.25) is 4.79 Å². The van der Waals surface area contributed by atoms with Gasteiger partial charge in [0.15, 0.2) is 0 Å². The molecular weight excluding hydrogens is 325 g/mol. The molecule has 0 radical (unpaired) electrons. The summed E-state index contributed by atoms with van der Waals surface area (Å²) in [4.78, 5) is 14.1. The number of carbonyl (C=O) groups excluding carboxylic acids is 1. The third-order valence-electron chi connectivity index (χ3n) is 2.39. The van der Waals surface area contributed by atoms with Crippen LogP contribution in [0.1, 0.15) is 24.2 Å². The van der Waals surface area contributed by atoms with E-state index in [0.29, 0.717) is 22.2 Å². The third-order valence-corrected chi connectivity index (χ3v) is 3.37. The van der Waals surface area contributed by atoms with Crippen LogP contribution < -0.4 is 0 Å². The van der Waals surface area contributed by atoms with Gasteiger partial charge < -0.3 is 4.90 Å². The molecule has 1 aromatic rings. The number of benzene rings is 1. The Kier molecular flexibility index (Phi) is 5.77. The molecule has 0 aromatic heterocycles. The highest BCUT2D eigenvalue weighted by Crippen LogP contribution is 2.26. The fraction of sp³-hybridized carbons (Fsp3) is 0.417. The average Bonchev–Trinajstić information content (AvgIpc) is 2.24. The van der Waals surface area contributed by atoms with E-state index < -0.39 is 0 Å². The molecule has 0 atom stereocenters. The number of halogens is 3. The number of hydrogen-bond donors (Lipinski definition) is 0.